The number of nitrogens with zero attached hydrogens (tertiary/aromatic N) is 2. The Balaban J connectivity index is 1.58. The van der Waals surface area contributed by atoms with Gasteiger partial charge in [0.1, 0.15) is 5.76 Å². The lowest BCUT2D eigenvalue weighted by Crippen LogP contribution is -2.52. The number of halogens is 2. The molecule has 2 heterocycles. The second-order valence-corrected chi connectivity index (χ2v) is 7.83. The predicted molar refractivity (Wildman–Crippen MR) is 99.8 cm³/mol. The molecule has 0 atom stereocenters. The van der Waals surface area contributed by atoms with Gasteiger partial charge in [0.2, 0.25) is 5.89 Å². The van der Waals surface area contributed by atoms with Crippen molar-refractivity contribution >= 4 is 29.1 Å². The smallest absolute Gasteiger partial charge is 0.276 e. The summed E-state index contributed by atoms with van der Waals surface area (Å²) in [6, 6.07) is 5.15. The third-order valence-electron chi connectivity index (χ3n) is 5.22. The Morgan fingerprint density at radius 2 is 2.00 bits per heavy atom. The van der Waals surface area contributed by atoms with Crippen molar-refractivity contribution in [1.29, 1.82) is 0 Å². The van der Waals surface area contributed by atoms with Crippen LogP contribution in [-0.4, -0.2) is 41.1 Å². The molecule has 1 saturated carbocycles. The number of carbonyl (C=O) groups is 1. The summed E-state index contributed by atoms with van der Waals surface area (Å²) in [5.74, 6) is 0.767. The Bertz CT molecular complexity index is 843. The van der Waals surface area contributed by atoms with Crippen LogP contribution in [0.4, 0.5) is 0 Å². The summed E-state index contributed by atoms with van der Waals surface area (Å²) in [5.41, 5.74) is 0.870. The van der Waals surface area contributed by atoms with Gasteiger partial charge in [0, 0.05) is 12.1 Å². The van der Waals surface area contributed by atoms with Crippen molar-refractivity contribution in [2.45, 2.75) is 38.2 Å². The molecule has 5 nitrogen and oxygen atoms in total. The Hall–Kier alpha value is -1.56. The minimum atomic E-state index is -0.169. The zero-order valence-electron chi connectivity index (χ0n) is 14.6. The summed E-state index contributed by atoms with van der Waals surface area (Å²) in [7, 11) is 0. The topological polar surface area (TPSA) is 55.6 Å². The summed E-state index contributed by atoms with van der Waals surface area (Å²) in [6.07, 6.45) is 4.35. The van der Waals surface area contributed by atoms with Gasteiger partial charge in [0.15, 0.2) is 5.69 Å². The highest BCUT2D eigenvalue weighted by Crippen LogP contribution is 2.36. The molecule has 7 heteroatoms. The van der Waals surface area contributed by atoms with Crippen molar-refractivity contribution in [1.82, 2.24) is 9.88 Å². The summed E-state index contributed by atoms with van der Waals surface area (Å²) >= 11 is 12.0. The molecular formula is C19H20Cl2N2O3. The van der Waals surface area contributed by atoms with Crippen LogP contribution in [0.5, 0.6) is 0 Å². The number of oxazole rings is 1. The lowest BCUT2D eigenvalue weighted by molar-refractivity contribution is -0.0949. The van der Waals surface area contributed by atoms with E-state index in [1.165, 1.54) is 0 Å². The van der Waals surface area contributed by atoms with Crippen molar-refractivity contribution in [3.05, 3.63) is 39.7 Å². The molecule has 4 rings (SSSR count). The summed E-state index contributed by atoms with van der Waals surface area (Å²) in [4.78, 5) is 19.3. The maximum Gasteiger partial charge on any atom is 0.276 e. The number of carbonyl (C=O) groups excluding carboxylic acids is 1. The fourth-order valence-corrected chi connectivity index (χ4v) is 4.14. The van der Waals surface area contributed by atoms with E-state index in [0.717, 1.165) is 25.7 Å². The Morgan fingerprint density at radius 1 is 1.23 bits per heavy atom. The highest BCUT2D eigenvalue weighted by molar-refractivity contribution is 6.42. The van der Waals surface area contributed by atoms with E-state index in [9.17, 15) is 4.79 Å². The molecule has 2 aromatic rings. The molecule has 1 spiro atoms. The summed E-state index contributed by atoms with van der Waals surface area (Å²) in [6.45, 7) is 3.53. The van der Waals surface area contributed by atoms with Gasteiger partial charge in [0.25, 0.3) is 5.91 Å². The summed E-state index contributed by atoms with van der Waals surface area (Å²) in [5, 5.41) is 0.884. The molecule has 0 radical (unpaired) electrons. The molecule has 0 N–H and O–H groups in total. The zero-order chi connectivity index (χ0) is 18.3. The molecule has 2 aliphatic rings. The first-order valence-electron chi connectivity index (χ1n) is 8.84. The minimum Gasteiger partial charge on any atom is -0.441 e. The number of aryl methyl sites for hydroxylation is 1. The lowest BCUT2D eigenvalue weighted by Gasteiger charge is -2.40. The van der Waals surface area contributed by atoms with Crippen LogP contribution in [0.25, 0.3) is 11.5 Å². The molecule has 0 unspecified atom stereocenters. The van der Waals surface area contributed by atoms with Gasteiger partial charge in [-0.15, -0.1) is 0 Å². The minimum absolute atomic E-state index is 0.105. The third kappa shape index (κ3) is 3.24. The fraction of sp³-hybridized carbons (Fsp3) is 0.474. The highest BCUT2D eigenvalue weighted by Gasteiger charge is 2.41. The normalized spacial score (nSPS) is 19.3. The number of morpholine rings is 1. The molecule has 1 saturated heterocycles. The van der Waals surface area contributed by atoms with E-state index < -0.39 is 0 Å². The van der Waals surface area contributed by atoms with E-state index in [2.05, 4.69) is 4.98 Å². The standard InChI is InChI=1S/C19H20Cl2N2O3/c1-12-16(22-17(26-12)13-4-5-14(20)15(21)10-13)18(24)23-8-9-25-19(11-23)6-2-3-7-19/h4-5,10H,2-3,6-9,11H2,1H3. The number of rotatable bonds is 2. The zero-order valence-corrected chi connectivity index (χ0v) is 16.1. The van der Waals surface area contributed by atoms with Crippen LogP contribution in [0.15, 0.2) is 22.6 Å². The van der Waals surface area contributed by atoms with Crippen LogP contribution < -0.4 is 0 Å². The third-order valence-corrected chi connectivity index (χ3v) is 5.96. The number of hydrogen-bond acceptors (Lipinski definition) is 4. The maximum atomic E-state index is 13.0. The number of hydrogen-bond donors (Lipinski definition) is 0. The molecule has 1 amide bonds. The Kier molecular flexibility index (Phi) is 4.71. The number of amides is 1. The van der Waals surface area contributed by atoms with Gasteiger partial charge in [-0.05, 0) is 38.0 Å². The van der Waals surface area contributed by atoms with Crippen molar-refractivity contribution in [3.63, 3.8) is 0 Å². The van der Waals surface area contributed by atoms with Crippen LogP contribution in [0.3, 0.4) is 0 Å². The average molecular weight is 395 g/mol. The molecule has 0 bridgehead atoms. The average Bonchev–Trinajstić information content (AvgIpc) is 3.23. The lowest BCUT2D eigenvalue weighted by atomic mass is 9.99. The quantitative estimate of drug-likeness (QED) is 0.737. The molecule has 26 heavy (non-hydrogen) atoms. The monoisotopic (exact) mass is 394 g/mol. The summed E-state index contributed by atoms with van der Waals surface area (Å²) < 4.78 is 11.7. The molecule has 1 aromatic heterocycles. The molecule has 2 fully saturated rings. The van der Waals surface area contributed by atoms with Crippen LogP contribution in [0.2, 0.25) is 10.0 Å². The Labute approximate surface area is 162 Å². The highest BCUT2D eigenvalue weighted by atomic mass is 35.5. The Morgan fingerprint density at radius 3 is 2.73 bits per heavy atom. The van der Waals surface area contributed by atoms with E-state index in [4.69, 9.17) is 32.4 Å². The fourth-order valence-electron chi connectivity index (χ4n) is 3.84. The number of aromatic nitrogens is 1. The maximum absolute atomic E-state index is 13.0. The van der Waals surface area contributed by atoms with E-state index in [1.807, 2.05) is 4.90 Å². The first-order chi connectivity index (χ1) is 12.5. The van der Waals surface area contributed by atoms with Crippen molar-refractivity contribution in [2.75, 3.05) is 19.7 Å². The molecule has 138 valence electrons. The van der Waals surface area contributed by atoms with Gasteiger partial charge in [-0.1, -0.05) is 36.0 Å². The van der Waals surface area contributed by atoms with Crippen LogP contribution in [-0.2, 0) is 4.74 Å². The molecule has 1 aliphatic carbocycles. The second kappa shape index (κ2) is 6.87. The van der Waals surface area contributed by atoms with E-state index in [1.54, 1.807) is 25.1 Å². The van der Waals surface area contributed by atoms with Gasteiger partial charge in [-0.25, -0.2) is 4.98 Å². The van der Waals surface area contributed by atoms with Gasteiger partial charge >= 0.3 is 0 Å². The van der Waals surface area contributed by atoms with Crippen molar-refractivity contribution in [3.8, 4) is 11.5 Å². The van der Waals surface area contributed by atoms with E-state index in [-0.39, 0.29) is 11.5 Å². The van der Waals surface area contributed by atoms with Gasteiger partial charge in [-0.2, -0.15) is 0 Å². The molecule has 1 aromatic carbocycles. The predicted octanol–water partition coefficient (Wildman–Crippen LogP) is 4.74. The van der Waals surface area contributed by atoms with Gasteiger partial charge < -0.3 is 14.1 Å². The largest absolute Gasteiger partial charge is 0.441 e. The first-order valence-corrected chi connectivity index (χ1v) is 9.59. The second-order valence-electron chi connectivity index (χ2n) is 7.02. The molecule has 1 aliphatic heterocycles. The first kappa shape index (κ1) is 17.8. The SMILES string of the molecule is Cc1oc(-c2ccc(Cl)c(Cl)c2)nc1C(=O)N1CCOC2(CCCC2)C1. The van der Waals surface area contributed by atoms with Crippen LogP contribution >= 0.6 is 23.2 Å². The van der Waals surface area contributed by atoms with E-state index in [0.29, 0.717) is 52.7 Å². The van der Waals surface area contributed by atoms with Gasteiger partial charge in [-0.3, -0.25) is 4.79 Å². The van der Waals surface area contributed by atoms with Crippen molar-refractivity contribution < 1.29 is 13.9 Å². The van der Waals surface area contributed by atoms with Crippen molar-refractivity contribution in [2.24, 2.45) is 0 Å². The van der Waals surface area contributed by atoms with Gasteiger partial charge in [0.05, 0.1) is 28.8 Å². The number of benzene rings is 1. The van der Waals surface area contributed by atoms with E-state index >= 15 is 0 Å². The van der Waals surface area contributed by atoms with Crippen LogP contribution in [0, 0.1) is 6.92 Å². The molecular weight excluding hydrogens is 375 g/mol. The van der Waals surface area contributed by atoms with Crippen LogP contribution in [0.1, 0.15) is 41.9 Å². The number of ether oxygens (including phenoxy) is 1.